The van der Waals surface area contributed by atoms with Crippen molar-refractivity contribution >= 4 is 43.1 Å². The van der Waals surface area contributed by atoms with E-state index in [9.17, 15) is 0 Å². The molecule has 29 heavy (non-hydrogen) atoms. The van der Waals surface area contributed by atoms with E-state index in [0.717, 1.165) is 53.9 Å². The van der Waals surface area contributed by atoms with Crippen molar-refractivity contribution in [3.63, 3.8) is 0 Å². The SMILES string of the molecule is Cc1nnc2sc3c(NCc4ccc(N5CCOCC5)cc4)nccc3c2c1C. The quantitative estimate of drug-likeness (QED) is 0.546. The third kappa shape index (κ3) is 3.41. The second kappa shape index (κ2) is 7.57. The van der Waals surface area contributed by atoms with Gasteiger partial charge in [0.1, 0.15) is 10.6 Å². The first-order valence-electron chi connectivity index (χ1n) is 9.87. The number of aromatic nitrogens is 3. The Morgan fingerprint density at radius 2 is 1.86 bits per heavy atom. The highest BCUT2D eigenvalue weighted by Gasteiger charge is 2.15. The molecule has 4 aromatic rings. The molecule has 1 N–H and O–H groups in total. The average molecular weight is 406 g/mol. The van der Waals surface area contributed by atoms with E-state index in [1.54, 1.807) is 11.3 Å². The fraction of sp³-hybridized carbons (Fsp3) is 0.318. The topological polar surface area (TPSA) is 63.2 Å². The molecule has 0 unspecified atom stereocenters. The number of hydrogen-bond donors (Lipinski definition) is 1. The molecule has 1 aliphatic heterocycles. The zero-order valence-corrected chi connectivity index (χ0v) is 17.4. The Hall–Kier alpha value is -2.77. The molecule has 1 aliphatic rings. The van der Waals surface area contributed by atoms with Crippen LogP contribution in [0.1, 0.15) is 16.8 Å². The predicted molar refractivity (Wildman–Crippen MR) is 119 cm³/mol. The van der Waals surface area contributed by atoms with Crippen molar-refractivity contribution in [2.45, 2.75) is 20.4 Å². The molecule has 3 aromatic heterocycles. The highest BCUT2D eigenvalue weighted by Crippen LogP contribution is 2.37. The molecular formula is C22H23N5OS. The van der Waals surface area contributed by atoms with Crippen LogP contribution in [-0.2, 0) is 11.3 Å². The van der Waals surface area contributed by atoms with Crippen LogP contribution in [0.3, 0.4) is 0 Å². The Morgan fingerprint density at radius 3 is 2.66 bits per heavy atom. The summed E-state index contributed by atoms with van der Waals surface area (Å²) in [5.41, 5.74) is 4.65. The summed E-state index contributed by atoms with van der Waals surface area (Å²) in [6.07, 6.45) is 1.87. The van der Waals surface area contributed by atoms with E-state index in [0.29, 0.717) is 0 Å². The molecule has 1 saturated heterocycles. The van der Waals surface area contributed by atoms with E-state index >= 15 is 0 Å². The number of pyridine rings is 1. The summed E-state index contributed by atoms with van der Waals surface area (Å²) in [5, 5.41) is 14.6. The molecule has 0 radical (unpaired) electrons. The zero-order chi connectivity index (χ0) is 19.8. The van der Waals surface area contributed by atoms with Crippen molar-refractivity contribution in [3.8, 4) is 0 Å². The molecule has 1 aromatic carbocycles. The van der Waals surface area contributed by atoms with Gasteiger partial charge < -0.3 is 15.0 Å². The van der Waals surface area contributed by atoms with Crippen LogP contribution < -0.4 is 10.2 Å². The number of aryl methyl sites for hydroxylation is 2. The summed E-state index contributed by atoms with van der Waals surface area (Å²) in [7, 11) is 0. The Balaban J connectivity index is 1.39. The fourth-order valence-corrected chi connectivity index (χ4v) is 4.92. The number of nitrogens with one attached hydrogen (secondary N) is 1. The normalized spacial score (nSPS) is 14.6. The van der Waals surface area contributed by atoms with E-state index in [2.05, 4.69) is 62.7 Å². The summed E-state index contributed by atoms with van der Waals surface area (Å²) in [5.74, 6) is 0.903. The van der Waals surface area contributed by atoms with Crippen molar-refractivity contribution in [1.29, 1.82) is 0 Å². The van der Waals surface area contributed by atoms with Gasteiger partial charge in [-0.2, -0.15) is 5.10 Å². The summed E-state index contributed by atoms with van der Waals surface area (Å²) >= 11 is 1.65. The highest BCUT2D eigenvalue weighted by atomic mass is 32.1. The van der Waals surface area contributed by atoms with E-state index < -0.39 is 0 Å². The van der Waals surface area contributed by atoms with Crippen LogP contribution in [0.5, 0.6) is 0 Å². The number of nitrogens with zero attached hydrogens (tertiary/aromatic N) is 4. The lowest BCUT2D eigenvalue weighted by Crippen LogP contribution is -2.36. The first-order valence-corrected chi connectivity index (χ1v) is 10.7. The maximum absolute atomic E-state index is 5.44. The van der Waals surface area contributed by atoms with E-state index in [1.165, 1.54) is 27.6 Å². The summed E-state index contributed by atoms with van der Waals surface area (Å²) in [4.78, 5) is 7.92. The molecule has 0 amide bonds. The molecule has 0 aliphatic carbocycles. The Bertz CT molecular complexity index is 1170. The van der Waals surface area contributed by atoms with Gasteiger partial charge in [0.2, 0.25) is 0 Å². The lowest BCUT2D eigenvalue weighted by Gasteiger charge is -2.28. The number of anilines is 2. The molecular weight excluding hydrogens is 382 g/mol. The number of benzene rings is 1. The van der Waals surface area contributed by atoms with Crippen LogP contribution in [0.2, 0.25) is 0 Å². The summed E-state index contributed by atoms with van der Waals surface area (Å²) in [6, 6.07) is 10.8. The number of ether oxygens (including phenoxy) is 1. The van der Waals surface area contributed by atoms with Crippen LogP contribution in [-0.4, -0.2) is 41.5 Å². The van der Waals surface area contributed by atoms with Crippen molar-refractivity contribution in [2.75, 3.05) is 36.5 Å². The van der Waals surface area contributed by atoms with Gasteiger partial charge in [0, 0.05) is 42.3 Å². The smallest absolute Gasteiger partial charge is 0.147 e. The summed E-state index contributed by atoms with van der Waals surface area (Å²) < 4.78 is 6.57. The summed E-state index contributed by atoms with van der Waals surface area (Å²) in [6.45, 7) is 8.37. The second-order valence-electron chi connectivity index (χ2n) is 7.35. The van der Waals surface area contributed by atoms with Gasteiger partial charge in [-0.25, -0.2) is 4.98 Å². The minimum Gasteiger partial charge on any atom is -0.378 e. The Morgan fingerprint density at radius 1 is 1.07 bits per heavy atom. The van der Waals surface area contributed by atoms with Gasteiger partial charge in [-0.05, 0) is 43.2 Å². The largest absolute Gasteiger partial charge is 0.378 e. The third-order valence-electron chi connectivity index (χ3n) is 5.57. The van der Waals surface area contributed by atoms with Crippen LogP contribution in [0.15, 0.2) is 36.5 Å². The van der Waals surface area contributed by atoms with Crippen LogP contribution in [0, 0.1) is 13.8 Å². The van der Waals surface area contributed by atoms with Gasteiger partial charge in [0.15, 0.2) is 0 Å². The highest BCUT2D eigenvalue weighted by molar-refractivity contribution is 7.26. The number of fused-ring (bicyclic) bond motifs is 3. The zero-order valence-electron chi connectivity index (χ0n) is 16.6. The van der Waals surface area contributed by atoms with E-state index in [1.807, 2.05) is 13.1 Å². The maximum atomic E-state index is 5.44. The second-order valence-corrected chi connectivity index (χ2v) is 8.35. The van der Waals surface area contributed by atoms with Crippen molar-refractivity contribution < 1.29 is 4.74 Å². The van der Waals surface area contributed by atoms with Gasteiger partial charge in [0.25, 0.3) is 0 Å². The predicted octanol–water partition coefficient (Wildman–Crippen LogP) is 4.31. The van der Waals surface area contributed by atoms with Crippen molar-refractivity contribution in [2.24, 2.45) is 0 Å². The first kappa shape index (κ1) is 18.3. The molecule has 0 atom stereocenters. The minimum absolute atomic E-state index is 0.730. The van der Waals surface area contributed by atoms with Gasteiger partial charge >= 0.3 is 0 Å². The molecule has 5 rings (SSSR count). The standard InChI is InChI=1S/C22H23N5OS/c1-14-15(2)25-26-22-19(14)18-7-8-23-21(20(18)29-22)24-13-16-3-5-17(6-4-16)27-9-11-28-12-10-27/h3-8H,9-13H2,1-2H3,(H,23,24). The molecule has 0 saturated carbocycles. The molecule has 7 heteroatoms. The number of thiophene rings is 1. The molecule has 148 valence electrons. The van der Waals surface area contributed by atoms with Crippen LogP contribution >= 0.6 is 11.3 Å². The average Bonchev–Trinajstić information content (AvgIpc) is 3.16. The number of rotatable bonds is 4. The number of hydrogen-bond acceptors (Lipinski definition) is 7. The molecule has 4 heterocycles. The lowest BCUT2D eigenvalue weighted by atomic mass is 10.1. The minimum atomic E-state index is 0.730. The lowest BCUT2D eigenvalue weighted by molar-refractivity contribution is 0.122. The monoisotopic (exact) mass is 405 g/mol. The van der Waals surface area contributed by atoms with Gasteiger partial charge in [-0.15, -0.1) is 16.4 Å². The van der Waals surface area contributed by atoms with E-state index in [4.69, 9.17) is 4.74 Å². The van der Waals surface area contributed by atoms with Gasteiger partial charge in [0.05, 0.1) is 23.6 Å². The fourth-order valence-electron chi connectivity index (χ4n) is 3.78. The van der Waals surface area contributed by atoms with E-state index in [-0.39, 0.29) is 0 Å². The van der Waals surface area contributed by atoms with Crippen molar-refractivity contribution in [1.82, 2.24) is 15.2 Å². The van der Waals surface area contributed by atoms with Gasteiger partial charge in [-0.3, -0.25) is 0 Å². The van der Waals surface area contributed by atoms with Gasteiger partial charge in [-0.1, -0.05) is 12.1 Å². The molecule has 6 nitrogen and oxygen atoms in total. The molecule has 0 spiro atoms. The number of morpholine rings is 1. The first-order chi connectivity index (χ1) is 14.2. The maximum Gasteiger partial charge on any atom is 0.147 e. The van der Waals surface area contributed by atoms with Crippen LogP contribution in [0.25, 0.3) is 20.3 Å². The van der Waals surface area contributed by atoms with Crippen LogP contribution in [0.4, 0.5) is 11.5 Å². The molecule has 1 fully saturated rings. The Labute approximate surface area is 173 Å². The van der Waals surface area contributed by atoms with Crippen molar-refractivity contribution in [3.05, 3.63) is 53.3 Å². The third-order valence-corrected chi connectivity index (χ3v) is 6.66. The Kier molecular flexibility index (Phi) is 4.77. The molecule has 0 bridgehead atoms.